The summed E-state index contributed by atoms with van der Waals surface area (Å²) in [5, 5.41) is 2.41. The summed E-state index contributed by atoms with van der Waals surface area (Å²) in [5.41, 5.74) is 1.59. The predicted octanol–water partition coefficient (Wildman–Crippen LogP) is 2.08. The van der Waals surface area contributed by atoms with Crippen molar-refractivity contribution in [2.75, 3.05) is 19.0 Å². The minimum absolute atomic E-state index is 0.148. The van der Waals surface area contributed by atoms with Crippen molar-refractivity contribution in [3.05, 3.63) is 36.4 Å². The molecule has 0 bridgehead atoms. The van der Waals surface area contributed by atoms with Crippen LogP contribution < -0.4 is 5.32 Å². The Balaban J connectivity index is 2.23. The third kappa shape index (κ3) is 2.94. The number of fused-ring (bicyclic) bond motifs is 1. The average Bonchev–Trinajstić information content (AvgIpc) is 2.85. The Morgan fingerprint density at radius 1 is 1.50 bits per heavy atom. The second-order valence-corrected chi connectivity index (χ2v) is 3.82. The van der Waals surface area contributed by atoms with E-state index in [1.807, 2.05) is 0 Å². The van der Waals surface area contributed by atoms with E-state index in [1.165, 1.54) is 13.2 Å². The van der Waals surface area contributed by atoms with Crippen LogP contribution in [0.25, 0.3) is 11.0 Å². The highest BCUT2D eigenvalue weighted by atomic mass is 16.5. The summed E-state index contributed by atoms with van der Waals surface area (Å²) < 4.78 is 9.40. The van der Waals surface area contributed by atoms with Crippen molar-refractivity contribution in [2.24, 2.45) is 0 Å². The van der Waals surface area contributed by atoms with Gasteiger partial charge in [0.05, 0.1) is 23.7 Å². The molecule has 1 aromatic heterocycles. The molecule has 1 heterocycles. The molecule has 2 aromatic rings. The molecule has 0 radical (unpaired) electrons. The monoisotopic (exact) mass is 275 g/mol. The van der Waals surface area contributed by atoms with E-state index in [-0.39, 0.29) is 12.6 Å². The Morgan fingerprint density at radius 3 is 3.00 bits per heavy atom. The molecular weight excluding hydrogens is 262 g/mol. The molecule has 2 N–H and O–H groups in total. The Bertz CT molecular complexity index is 663. The molecule has 7 heteroatoms. The van der Waals surface area contributed by atoms with Gasteiger partial charge in [0, 0.05) is 0 Å². The summed E-state index contributed by atoms with van der Waals surface area (Å²) in [5.74, 6) is -0.215. The van der Waals surface area contributed by atoms with Gasteiger partial charge in [0.1, 0.15) is 6.61 Å². The fraction of sp³-hybridized carbons (Fsp3) is 0.154. The molecule has 7 nitrogen and oxygen atoms in total. The molecule has 0 saturated heterocycles. The number of ether oxygens (including phenoxy) is 2. The molecule has 0 fully saturated rings. The van der Waals surface area contributed by atoms with E-state index in [9.17, 15) is 9.59 Å². The number of anilines is 1. The van der Waals surface area contributed by atoms with Gasteiger partial charge >= 0.3 is 12.1 Å². The van der Waals surface area contributed by atoms with E-state index in [2.05, 4.69) is 26.6 Å². The zero-order chi connectivity index (χ0) is 14.5. The smallest absolute Gasteiger partial charge is 0.413 e. The average molecular weight is 275 g/mol. The molecule has 2 rings (SSSR count). The highest BCUT2D eigenvalue weighted by Crippen LogP contribution is 2.17. The maximum Gasteiger partial charge on any atom is 0.413 e. The van der Waals surface area contributed by atoms with Crippen LogP contribution in [0.5, 0.6) is 0 Å². The highest BCUT2D eigenvalue weighted by molar-refractivity contribution is 5.94. The van der Waals surface area contributed by atoms with Gasteiger partial charge in [-0.05, 0) is 18.2 Å². The number of imidazole rings is 1. The molecular formula is C13H13N3O4. The Morgan fingerprint density at radius 2 is 2.30 bits per heavy atom. The normalized spacial score (nSPS) is 10.1. The first-order valence-electron chi connectivity index (χ1n) is 5.77. The van der Waals surface area contributed by atoms with Crippen LogP contribution in [0.15, 0.2) is 30.9 Å². The molecule has 0 aliphatic heterocycles. The number of hydrogen-bond acceptors (Lipinski definition) is 5. The van der Waals surface area contributed by atoms with Crippen LogP contribution in [-0.2, 0) is 9.47 Å². The van der Waals surface area contributed by atoms with Gasteiger partial charge in [-0.2, -0.15) is 0 Å². The number of methoxy groups -OCH3 is 1. The van der Waals surface area contributed by atoms with E-state index in [0.717, 1.165) is 0 Å². The molecule has 1 aromatic carbocycles. The standard InChI is InChI=1S/C13H13N3O4/c1-3-6-20-11(17)8-4-5-9-10(7-8)15-12(14-9)16-13(18)19-2/h3-5,7H,1,6H2,2H3,(H2,14,15,16,18). The summed E-state index contributed by atoms with van der Waals surface area (Å²) in [6.45, 7) is 3.62. The molecule has 0 saturated carbocycles. The SMILES string of the molecule is C=CCOC(=O)c1ccc2nc(NC(=O)OC)[nH]c2c1. The maximum atomic E-state index is 11.7. The lowest BCUT2D eigenvalue weighted by Crippen LogP contribution is -2.11. The van der Waals surface area contributed by atoms with Crippen LogP contribution in [0, 0.1) is 0 Å². The summed E-state index contributed by atoms with van der Waals surface area (Å²) >= 11 is 0. The van der Waals surface area contributed by atoms with Gasteiger partial charge in [-0.3, -0.25) is 5.32 Å². The first-order valence-corrected chi connectivity index (χ1v) is 5.77. The Labute approximate surface area is 114 Å². The van der Waals surface area contributed by atoms with Crippen molar-refractivity contribution >= 4 is 29.0 Å². The van der Waals surface area contributed by atoms with Crippen LogP contribution in [0.3, 0.4) is 0 Å². The lowest BCUT2D eigenvalue weighted by Gasteiger charge is -2.01. The van der Waals surface area contributed by atoms with Crippen molar-refractivity contribution in [1.29, 1.82) is 0 Å². The first kappa shape index (κ1) is 13.6. The number of amides is 1. The van der Waals surface area contributed by atoms with Crippen molar-refractivity contribution in [1.82, 2.24) is 9.97 Å². The van der Waals surface area contributed by atoms with Crippen molar-refractivity contribution in [2.45, 2.75) is 0 Å². The summed E-state index contributed by atoms with van der Waals surface area (Å²) in [4.78, 5) is 29.7. The molecule has 0 aliphatic carbocycles. The Kier molecular flexibility index (Phi) is 3.99. The summed E-state index contributed by atoms with van der Waals surface area (Å²) in [7, 11) is 1.26. The van der Waals surface area contributed by atoms with Crippen molar-refractivity contribution in [3.8, 4) is 0 Å². The summed E-state index contributed by atoms with van der Waals surface area (Å²) in [6.07, 6.45) is 0.861. The number of H-pyrrole nitrogens is 1. The largest absolute Gasteiger partial charge is 0.458 e. The second-order valence-electron chi connectivity index (χ2n) is 3.82. The maximum absolute atomic E-state index is 11.7. The number of aromatic nitrogens is 2. The number of carbonyl (C=O) groups excluding carboxylic acids is 2. The molecule has 0 unspecified atom stereocenters. The number of carbonyl (C=O) groups is 2. The number of nitrogens with zero attached hydrogens (tertiary/aromatic N) is 1. The lowest BCUT2D eigenvalue weighted by molar-refractivity contribution is 0.0550. The van der Waals surface area contributed by atoms with Crippen molar-refractivity contribution < 1.29 is 19.1 Å². The number of esters is 1. The number of benzene rings is 1. The van der Waals surface area contributed by atoms with Gasteiger partial charge < -0.3 is 14.5 Å². The summed E-state index contributed by atoms with van der Waals surface area (Å²) in [6, 6.07) is 4.84. The van der Waals surface area contributed by atoms with Crippen molar-refractivity contribution in [3.63, 3.8) is 0 Å². The second kappa shape index (κ2) is 5.87. The molecule has 0 aliphatic rings. The van der Waals surface area contributed by atoms with Gasteiger partial charge in [0.25, 0.3) is 0 Å². The van der Waals surface area contributed by atoms with Crippen LogP contribution in [0.1, 0.15) is 10.4 Å². The fourth-order valence-corrected chi connectivity index (χ4v) is 1.56. The third-order valence-electron chi connectivity index (χ3n) is 2.46. The van der Waals surface area contributed by atoms with E-state index < -0.39 is 12.1 Å². The van der Waals surface area contributed by atoms with E-state index in [4.69, 9.17) is 4.74 Å². The quantitative estimate of drug-likeness (QED) is 0.658. The molecule has 20 heavy (non-hydrogen) atoms. The van der Waals surface area contributed by atoms with Crippen LogP contribution >= 0.6 is 0 Å². The molecule has 0 atom stereocenters. The van der Waals surface area contributed by atoms with Gasteiger partial charge in [-0.15, -0.1) is 0 Å². The van der Waals surface area contributed by atoms with Crippen LogP contribution in [-0.4, -0.2) is 35.7 Å². The molecule has 1 amide bonds. The fourth-order valence-electron chi connectivity index (χ4n) is 1.56. The van der Waals surface area contributed by atoms with E-state index in [1.54, 1.807) is 18.2 Å². The zero-order valence-corrected chi connectivity index (χ0v) is 10.8. The minimum Gasteiger partial charge on any atom is -0.458 e. The minimum atomic E-state index is -0.630. The number of nitrogens with one attached hydrogen (secondary N) is 2. The highest BCUT2D eigenvalue weighted by Gasteiger charge is 2.11. The third-order valence-corrected chi connectivity index (χ3v) is 2.46. The first-order chi connectivity index (χ1) is 9.63. The van der Waals surface area contributed by atoms with E-state index >= 15 is 0 Å². The van der Waals surface area contributed by atoms with Gasteiger partial charge in [-0.25, -0.2) is 14.6 Å². The number of hydrogen-bond donors (Lipinski definition) is 2. The van der Waals surface area contributed by atoms with Crippen LogP contribution in [0.4, 0.5) is 10.7 Å². The predicted molar refractivity (Wildman–Crippen MR) is 72.6 cm³/mol. The Hall–Kier alpha value is -2.83. The lowest BCUT2D eigenvalue weighted by atomic mass is 10.2. The molecule has 0 spiro atoms. The van der Waals surface area contributed by atoms with Crippen LogP contribution in [0.2, 0.25) is 0 Å². The number of aromatic amines is 1. The zero-order valence-electron chi connectivity index (χ0n) is 10.8. The van der Waals surface area contributed by atoms with E-state index in [0.29, 0.717) is 16.6 Å². The van der Waals surface area contributed by atoms with Gasteiger partial charge in [0.2, 0.25) is 5.95 Å². The topological polar surface area (TPSA) is 93.3 Å². The van der Waals surface area contributed by atoms with Gasteiger partial charge in [-0.1, -0.05) is 12.7 Å². The number of rotatable bonds is 4. The molecule has 104 valence electrons. The van der Waals surface area contributed by atoms with Gasteiger partial charge in [0.15, 0.2) is 0 Å².